The SMILES string of the molecule is N#[C][Fe-4]([C]#N)([C]#N)([C]#N)([C]#N)[C]#N.[Ag+].[Ag+].[Ag+].[Ag+]. The summed E-state index contributed by atoms with van der Waals surface area (Å²) >= 11 is 0. The fourth-order valence-electron chi connectivity index (χ4n) is 0.265. The molecule has 6 nitrogen and oxygen atoms in total. The molecule has 0 aliphatic heterocycles. The first kappa shape index (κ1) is 30.4. The van der Waals surface area contributed by atoms with E-state index in [2.05, 4.69) is 0 Å². The minimum Gasteiger partial charge on any atom is 1.00 e. The molecule has 0 spiro atoms. The van der Waals surface area contributed by atoms with Gasteiger partial charge in [-0.15, -0.1) is 0 Å². The average Bonchev–Trinajstić information content (AvgIpc) is 2.26. The van der Waals surface area contributed by atoms with Gasteiger partial charge in [0.2, 0.25) is 0 Å². The maximum atomic E-state index is 8.58. The molecule has 0 aromatic heterocycles. The van der Waals surface area contributed by atoms with E-state index >= 15 is 0 Å². The van der Waals surface area contributed by atoms with Crippen molar-refractivity contribution in [3.63, 3.8) is 0 Å². The number of rotatable bonds is 0. The Kier molecular flexibility index (Phi) is 15.2. The molecule has 0 unspecified atom stereocenters. The minimum absolute atomic E-state index is 0. The molecule has 0 saturated heterocycles. The van der Waals surface area contributed by atoms with E-state index in [1.54, 1.807) is 0 Å². The molecular weight excluding hydrogens is 643 g/mol. The van der Waals surface area contributed by atoms with E-state index in [4.69, 9.17) is 31.6 Å². The summed E-state index contributed by atoms with van der Waals surface area (Å²) in [6, 6.07) is 0. The normalized spacial score (nSPS) is 10.2. The molecule has 0 fully saturated rings. The summed E-state index contributed by atoms with van der Waals surface area (Å²) in [5.74, 6) is 0. The maximum absolute atomic E-state index is 8.58. The molecule has 0 atom stereocenters. The Morgan fingerprint density at radius 2 is 0.529 bits per heavy atom. The van der Waals surface area contributed by atoms with Crippen LogP contribution in [0.4, 0.5) is 0 Å². The van der Waals surface area contributed by atoms with Crippen molar-refractivity contribution in [1.29, 1.82) is 31.6 Å². The zero-order valence-corrected chi connectivity index (χ0v) is 14.3. The van der Waals surface area contributed by atoms with Crippen LogP contribution in [0.5, 0.6) is 0 Å². The summed E-state index contributed by atoms with van der Waals surface area (Å²) in [5.41, 5.74) is 0. The molecule has 0 aromatic rings. The first-order valence-corrected chi connectivity index (χ1v) is 5.71. The van der Waals surface area contributed by atoms with Gasteiger partial charge in [-0.1, -0.05) is 0 Å². The van der Waals surface area contributed by atoms with Gasteiger partial charge in [0.1, 0.15) is 0 Å². The largest absolute Gasteiger partial charge is 1.00 e. The maximum Gasteiger partial charge on any atom is 1.00 e. The van der Waals surface area contributed by atoms with Crippen LogP contribution in [0.25, 0.3) is 0 Å². The van der Waals surface area contributed by atoms with Crippen molar-refractivity contribution < 1.29 is 100 Å². The van der Waals surface area contributed by atoms with Crippen molar-refractivity contribution in [2.24, 2.45) is 0 Å². The van der Waals surface area contributed by atoms with E-state index in [1.165, 1.54) is 0 Å². The zero-order chi connectivity index (χ0) is 10.7. The average molecular weight is 643 g/mol. The van der Waals surface area contributed by atoms with E-state index in [0.29, 0.717) is 0 Å². The molecule has 0 radical (unpaired) electrons. The van der Waals surface area contributed by atoms with Gasteiger partial charge in [0.05, 0.1) is 0 Å². The number of nitriles is 6. The third-order valence-corrected chi connectivity index (χ3v) is 4.89. The summed E-state index contributed by atoms with van der Waals surface area (Å²) < 4.78 is 0. The molecule has 0 heterocycles. The summed E-state index contributed by atoms with van der Waals surface area (Å²) in [4.78, 5) is 6.19. The molecule has 0 amide bonds. The Hall–Kier alpha value is 0.421. The predicted molar refractivity (Wildman–Crippen MR) is 33.7 cm³/mol. The van der Waals surface area contributed by atoms with Crippen molar-refractivity contribution in [3.05, 3.63) is 0 Å². The van der Waals surface area contributed by atoms with Crippen LogP contribution in [0.2, 0.25) is 0 Å². The molecule has 0 bridgehead atoms. The van der Waals surface area contributed by atoms with Crippen LogP contribution < -0.4 is 0 Å². The van der Waals surface area contributed by atoms with E-state index in [0.717, 1.165) is 29.8 Å². The van der Waals surface area contributed by atoms with Crippen LogP contribution in [0, 0.1) is 61.4 Å². The van der Waals surface area contributed by atoms with Crippen LogP contribution >= 0.6 is 0 Å². The fraction of sp³-hybridized carbons (Fsp3) is 0. The molecule has 17 heavy (non-hydrogen) atoms. The van der Waals surface area contributed by atoms with Crippen molar-refractivity contribution in [1.82, 2.24) is 0 Å². The van der Waals surface area contributed by atoms with Gasteiger partial charge in [0.15, 0.2) is 0 Å². The van der Waals surface area contributed by atoms with E-state index in [-0.39, 0.29) is 89.5 Å². The number of hydrogen-bond acceptors (Lipinski definition) is 6. The molecule has 0 saturated carbocycles. The molecule has 0 N–H and O–H groups in total. The van der Waals surface area contributed by atoms with E-state index in [1.807, 2.05) is 0 Å². The second kappa shape index (κ2) is 8.51. The van der Waals surface area contributed by atoms with Gasteiger partial charge in [-0.05, 0) is 0 Å². The van der Waals surface area contributed by atoms with Crippen LogP contribution in [0.3, 0.4) is 0 Å². The van der Waals surface area contributed by atoms with E-state index < -0.39 is 10.7 Å². The third kappa shape index (κ3) is 3.69. The van der Waals surface area contributed by atoms with Gasteiger partial charge in [0.25, 0.3) is 0 Å². The Morgan fingerprint density at radius 3 is 0.529 bits per heavy atom. The monoisotopic (exact) mass is 640 g/mol. The Morgan fingerprint density at radius 1 is 0.412 bits per heavy atom. The molecular formula is C6Ag4FeN6. The first-order valence-electron chi connectivity index (χ1n) is 2.40. The van der Waals surface area contributed by atoms with Crippen LogP contribution in [0.15, 0.2) is 0 Å². The van der Waals surface area contributed by atoms with Crippen molar-refractivity contribution in [3.8, 4) is 29.8 Å². The van der Waals surface area contributed by atoms with Gasteiger partial charge in [-0.3, -0.25) is 0 Å². The molecule has 106 valence electrons. The predicted octanol–water partition coefficient (Wildman–Crippen LogP) is 0.0882. The van der Waals surface area contributed by atoms with Crippen molar-refractivity contribution >= 4 is 0 Å². The molecule has 11 heteroatoms. The molecule has 0 aromatic carbocycles. The van der Waals surface area contributed by atoms with Gasteiger partial charge >= 0.3 is 162 Å². The Labute approximate surface area is 159 Å². The standard InChI is InChI=1S/6CN.4Ag.Fe/c6*1-2;;;;;/q;;;;;;4*+1;-4. The van der Waals surface area contributed by atoms with Crippen LogP contribution in [-0.2, 0) is 100 Å². The molecule has 0 aliphatic carbocycles. The smallest absolute Gasteiger partial charge is 1.00 e. The van der Waals surface area contributed by atoms with Gasteiger partial charge in [0, 0.05) is 0 Å². The second-order valence-corrected chi connectivity index (χ2v) is 7.42. The van der Waals surface area contributed by atoms with Crippen molar-refractivity contribution in [2.45, 2.75) is 0 Å². The summed E-state index contributed by atoms with van der Waals surface area (Å²) in [6.07, 6.45) is 0. The quantitative estimate of drug-likeness (QED) is 0.343. The second-order valence-electron chi connectivity index (χ2n) is 1.80. The summed E-state index contributed by atoms with van der Waals surface area (Å²) in [5, 5.41) is 51.5. The topological polar surface area (TPSA) is 143 Å². The Bertz CT molecular complexity index is 400. The van der Waals surface area contributed by atoms with Gasteiger partial charge in [-0.25, -0.2) is 0 Å². The summed E-state index contributed by atoms with van der Waals surface area (Å²) in [6.45, 7) is 0. The number of nitrogens with zero attached hydrogens (tertiary/aromatic N) is 6. The van der Waals surface area contributed by atoms with Crippen molar-refractivity contribution in [2.75, 3.05) is 0 Å². The number of hydrogen-bond donors (Lipinski definition) is 0. The minimum atomic E-state index is -6.17. The third-order valence-electron chi connectivity index (χ3n) is 1.19. The fourth-order valence-corrected chi connectivity index (χ4v) is 1.09. The summed E-state index contributed by atoms with van der Waals surface area (Å²) in [7, 11) is -6.17. The first-order chi connectivity index (χ1) is 5.97. The Balaban J connectivity index is -0.000000120. The van der Waals surface area contributed by atoms with Crippen LogP contribution in [-0.4, -0.2) is 0 Å². The molecule has 0 rings (SSSR count). The van der Waals surface area contributed by atoms with Gasteiger partial charge in [-0.2, -0.15) is 0 Å². The van der Waals surface area contributed by atoms with E-state index in [9.17, 15) is 0 Å². The van der Waals surface area contributed by atoms with Gasteiger partial charge < -0.3 is 0 Å². The molecule has 0 aliphatic rings. The van der Waals surface area contributed by atoms with Crippen LogP contribution in [0.1, 0.15) is 0 Å². The zero-order valence-electron chi connectivity index (χ0n) is 7.24.